The number of alkyl halides is 3. The topological polar surface area (TPSA) is 85.0 Å². The van der Waals surface area contributed by atoms with Gasteiger partial charge < -0.3 is 15.1 Å². The van der Waals surface area contributed by atoms with E-state index in [0.29, 0.717) is 5.76 Å². The first kappa shape index (κ1) is 18.1. The van der Waals surface area contributed by atoms with Crippen LogP contribution in [0.15, 0.2) is 53.4 Å². The van der Waals surface area contributed by atoms with E-state index in [1.165, 1.54) is 12.3 Å². The van der Waals surface area contributed by atoms with Crippen LogP contribution in [0.2, 0.25) is 0 Å². The molecule has 0 fully saturated rings. The summed E-state index contributed by atoms with van der Waals surface area (Å²) in [6.07, 6.45) is -0.224. The molecule has 1 amide bonds. The second-order valence-electron chi connectivity index (χ2n) is 6.40. The Balaban J connectivity index is 1.57. The maximum absolute atomic E-state index is 13.6. The molecule has 7 nitrogen and oxygen atoms in total. The molecule has 10 heteroatoms. The number of rotatable bonds is 4. The SMILES string of the molecule is O=C(NCc1ccncc1)c1cc2n(n1)C(C(F)(F)F)CC(c1ccco1)N2. The molecule has 0 radical (unpaired) electrons. The van der Waals surface area contributed by atoms with Crippen LogP contribution in [0.25, 0.3) is 0 Å². The number of nitrogens with one attached hydrogen (secondary N) is 2. The molecule has 146 valence electrons. The number of pyridine rings is 1. The highest BCUT2D eigenvalue weighted by Crippen LogP contribution is 2.43. The van der Waals surface area contributed by atoms with Gasteiger partial charge in [0.25, 0.3) is 5.91 Å². The van der Waals surface area contributed by atoms with Crippen LogP contribution in [0.1, 0.15) is 40.3 Å². The van der Waals surface area contributed by atoms with Gasteiger partial charge in [0, 0.05) is 31.4 Å². The first-order valence-electron chi connectivity index (χ1n) is 8.55. The van der Waals surface area contributed by atoms with Gasteiger partial charge in [0.15, 0.2) is 11.7 Å². The Morgan fingerprint density at radius 2 is 2.11 bits per heavy atom. The maximum Gasteiger partial charge on any atom is 0.410 e. The quantitative estimate of drug-likeness (QED) is 0.712. The van der Waals surface area contributed by atoms with Crippen molar-refractivity contribution >= 4 is 11.7 Å². The molecule has 0 aromatic carbocycles. The van der Waals surface area contributed by atoms with E-state index in [2.05, 4.69) is 20.7 Å². The molecule has 2 atom stereocenters. The van der Waals surface area contributed by atoms with Gasteiger partial charge in [-0.15, -0.1) is 0 Å². The minimum Gasteiger partial charge on any atom is -0.467 e. The third kappa shape index (κ3) is 3.57. The number of carbonyl (C=O) groups is 1. The van der Waals surface area contributed by atoms with E-state index in [1.54, 1.807) is 36.7 Å². The van der Waals surface area contributed by atoms with Crippen molar-refractivity contribution in [1.29, 1.82) is 0 Å². The minimum atomic E-state index is -4.52. The van der Waals surface area contributed by atoms with Gasteiger partial charge in [-0.2, -0.15) is 18.3 Å². The fraction of sp³-hybridized carbons (Fsp3) is 0.278. The Morgan fingerprint density at radius 3 is 2.79 bits per heavy atom. The van der Waals surface area contributed by atoms with Crippen molar-refractivity contribution in [2.75, 3.05) is 5.32 Å². The summed E-state index contributed by atoms with van der Waals surface area (Å²) < 4.78 is 46.8. The van der Waals surface area contributed by atoms with E-state index < -0.39 is 24.2 Å². The lowest BCUT2D eigenvalue weighted by atomic mass is 10.0. The standard InChI is InChI=1S/C18H16F3N5O2/c19-18(20,21)15-8-12(14-2-1-7-28-14)24-16-9-13(25-26(15)16)17(27)23-10-11-3-5-22-6-4-11/h1-7,9,12,15,24H,8,10H2,(H,23,27). The fourth-order valence-electron chi connectivity index (χ4n) is 3.13. The molecule has 0 aliphatic carbocycles. The normalized spacial score (nSPS) is 19.0. The third-order valence-corrected chi connectivity index (χ3v) is 4.51. The number of furan rings is 1. The molecular weight excluding hydrogens is 375 g/mol. The van der Waals surface area contributed by atoms with Crippen LogP contribution in [0.3, 0.4) is 0 Å². The first-order chi connectivity index (χ1) is 13.4. The molecule has 0 saturated heterocycles. The number of hydrogen-bond donors (Lipinski definition) is 2. The monoisotopic (exact) mass is 391 g/mol. The van der Waals surface area contributed by atoms with E-state index in [9.17, 15) is 18.0 Å². The first-order valence-corrected chi connectivity index (χ1v) is 8.55. The fourth-order valence-corrected chi connectivity index (χ4v) is 3.13. The summed E-state index contributed by atoms with van der Waals surface area (Å²) in [6, 6.07) is 5.47. The lowest BCUT2D eigenvalue weighted by molar-refractivity contribution is -0.174. The van der Waals surface area contributed by atoms with Crippen molar-refractivity contribution in [2.24, 2.45) is 0 Å². The number of hydrogen-bond acceptors (Lipinski definition) is 5. The molecule has 0 spiro atoms. The Morgan fingerprint density at radius 1 is 1.32 bits per heavy atom. The van der Waals surface area contributed by atoms with Gasteiger partial charge in [0.05, 0.1) is 12.3 Å². The second kappa shape index (κ2) is 7.02. The summed E-state index contributed by atoms with van der Waals surface area (Å²) >= 11 is 0. The summed E-state index contributed by atoms with van der Waals surface area (Å²) in [6.45, 7) is 0.217. The van der Waals surface area contributed by atoms with Crippen LogP contribution >= 0.6 is 0 Å². The van der Waals surface area contributed by atoms with Gasteiger partial charge in [0.1, 0.15) is 11.6 Å². The van der Waals surface area contributed by atoms with Crippen molar-refractivity contribution in [2.45, 2.75) is 31.2 Å². The third-order valence-electron chi connectivity index (χ3n) is 4.51. The van der Waals surface area contributed by atoms with E-state index in [4.69, 9.17) is 4.42 Å². The molecule has 1 aliphatic heterocycles. The van der Waals surface area contributed by atoms with Crippen molar-refractivity contribution in [3.8, 4) is 0 Å². The molecular formula is C18H16F3N5O2. The zero-order chi connectivity index (χ0) is 19.7. The number of fused-ring (bicyclic) bond motifs is 1. The van der Waals surface area contributed by atoms with Crippen LogP contribution in [-0.2, 0) is 6.54 Å². The van der Waals surface area contributed by atoms with E-state index in [-0.39, 0.29) is 24.5 Å². The summed E-state index contributed by atoms with van der Waals surface area (Å²) in [7, 11) is 0. The summed E-state index contributed by atoms with van der Waals surface area (Å²) in [5.74, 6) is -0.0505. The number of halogens is 3. The van der Waals surface area contributed by atoms with E-state index in [0.717, 1.165) is 10.2 Å². The van der Waals surface area contributed by atoms with Gasteiger partial charge in [-0.1, -0.05) is 0 Å². The number of carbonyl (C=O) groups excluding carboxylic acids is 1. The highest BCUT2D eigenvalue weighted by Gasteiger charge is 2.47. The zero-order valence-electron chi connectivity index (χ0n) is 14.5. The van der Waals surface area contributed by atoms with Crippen LogP contribution < -0.4 is 10.6 Å². The lowest BCUT2D eigenvalue weighted by Crippen LogP contribution is -2.35. The molecule has 4 heterocycles. The van der Waals surface area contributed by atoms with Crippen molar-refractivity contribution in [3.05, 3.63) is 66.0 Å². The van der Waals surface area contributed by atoms with Gasteiger partial charge in [-0.3, -0.25) is 9.78 Å². The molecule has 2 unspecified atom stereocenters. The molecule has 0 bridgehead atoms. The van der Waals surface area contributed by atoms with Crippen molar-refractivity contribution in [1.82, 2.24) is 20.1 Å². The predicted molar refractivity (Wildman–Crippen MR) is 92.4 cm³/mol. The Hall–Kier alpha value is -3.30. The Kier molecular flexibility index (Phi) is 4.54. The molecule has 3 aromatic heterocycles. The average molecular weight is 391 g/mol. The van der Waals surface area contributed by atoms with E-state index in [1.807, 2.05) is 0 Å². The lowest BCUT2D eigenvalue weighted by Gasteiger charge is -2.32. The van der Waals surface area contributed by atoms with Crippen molar-refractivity contribution < 1.29 is 22.4 Å². The summed E-state index contributed by atoms with van der Waals surface area (Å²) in [5.41, 5.74) is 0.724. The van der Waals surface area contributed by atoms with E-state index >= 15 is 0 Å². The average Bonchev–Trinajstić information content (AvgIpc) is 3.34. The van der Waals surface area contributed by atoms with Crippen LogP contribution in [0, 0.1) is 0 Å². The van der Waals surface area contributed by atoms with Crippen LogP contribution in [0.5, 0.6) is 0 Å². The van der Waals surface area contributed by atoms with Gasteiger partial charge >= 0.3 is 6.18 Å². The highest BCUT2D eigenvalue weighted by atomic mass is 19.4. The highest BCUT2D eigenvalue weighted by molar-refractivity contribution is 5.93. The molecule has 1 aliphatic rings. The molecule has 4 rings (SSSR count). The molecule has 28 heavy (non-hydrogen) atoms. The van der Waals surface area contributed by atoms with Crippen LogP contribution in [0.4, 0.5) is 19.0 Å². The smallest absolute Gasteiger partial charge is 0.410 e. The van der Waals surface area contributed by atoms with Crippen molar-refractivity contribution in [3.63, 3.8) is 0 Å². The number of amides is 1. The summed E-state index contributed by atoms with van der Waals surface area (Å²) in [5, 5.41) is 9.52. The molecule has 2 N–H and O–H groups in total. The van der Waals surface area contributed by atoms with Gasteiger partial charge in [0.2, 0.25) is 0 Å². The minimum absolute atomic E-state index is 0.0918. The van der Waals surface area contributed by atoms with Gasteiger partial charge in [-0.05, 0) is 29.8 Å². The largest absolute Gasteiger partial charge is 0.467 e. The zero-order valence-corrected chi connectivity index (χ0v) is 14.5. The summed E-state index contributed by atoms with van der Waals surface area (Å²) in [4.78, 5) is 16.3. The second-order valence-corrected chi connectivity index (χ2v) is 6.40. The van der Waals surface area contributed by atoms with Crippen LogP contribution in [-0.4, -0.2) is 26.8 Å². The number of anilines is 1. The molecule has 3 aromatic rings. The Labute approximate surface area is 157 Å². The maximum atomic E-state index is 13.6. The molecule has 0 saturated carbocycles. The predicted octanol–water partition coefficient (Wildman–Crippen LogP) is 3.46. The Bertz CT molecular complexity index is 954. The van der Waals surface area contributed by atoms with Gasteiger partial charge in [-0.25, -0.2) is 4.68 Å². The number of aromatic nitrogens is 3. The number of nitrogens with zero attached hydrogens (tertiary/aromatic N) is 3.